The quantitative estimate of drug-likeness (QED) is 0.176. The first-order valence-corrected chi connectivity index (χ1v) is 19.2. The van der Waals surface area contributed by atoms with Crippen molar-refractivity contribution in [2.24, 2.45) is 29.1 Å². The maximum Gasteiger partial charge on any atom is 0.0541 e. The maximum atomic E-state index is 2.66. The molecule has 13 rings (SSSR count). The van der Waals surface area contributed by atoms with Crippen LogP contribution in [0.4, 0.5) is 0 Å². The molecule has 4 saturated carbocycles. The number of aromatic nitrogens is 1. The molecule has 5 aliphatic carbocycles. The summed E-state index contributed by atoms with van der Waals surface area (Å²) in [5.41, 5.74) is 13.6. The fraction of sp³-hybridized carbons (Fsp3) is 0.234. The summed E-state index contributed by atoms with van der Waals surface area (Å²) in [5.74, 6) is 3.52. The molecule has 0 saturated heterocycles. The van der Waals surface area contributed by atoms with Crippen LogP contribution in [0.2, 0.25) is 0 Å². The van der Waals surface area contributed by atoms with Gasteiger partial charge >= 0.3 is 0 Å². The van der Waals surface area contributed by atoms with E-state index in [0.717, 1.165) is 23.7 Å². The second kappa shape index (κ2) is 8.73. The highest BCUT2D eigenvalue weighted by atomic mass is 32.1. The second-order valence-corrected chi connectivity index (χ2v) is 17.2. The zero-order chi connectivity index (χ0) is 31.6. The van der Waals surface area contributed by atoms with Gasteiger partial charge in [0.15, 0.2) is 0 Å². The molecular formula is C47H35NS. The van der Waals surface area contributed by atoms with E-state index in [1.165, 1.54) is 102 Å². The summed E-state index contributed by atoms with van der Waals surface area (Å²) in [4.78, 5) is 0. The molecule has 0 aliphatic heterocycles. The number of thiophene rings is 1. The number of nitrogens with zero attached hydrogens (tertiary/aromatic N) is 1. The first-order valence-electron chi connectivity index (χ1n) is 18.4. The fourth-order valence-electron chi connectivity index (χ4n) is 13.0. The SMILES string of the molecule is c1ccc2c(c1)-c1ccc(-n3c4ccccc4c4cc(-c5cccc6c5sc5ccccc56)ccc43)cc1C21C2CC3CC4CC1C4(C3)C2. The Morgan fingerprint density at radius 1 is 0.551 bits per heavy atom. The third kappa shape index (κ3) is 2.95. The summed E-state index contributed by atoms with van der Waals surface area (Å²) < 4.78 is 5.30. The van der Waals surface area contributed by atoms with Crippen molar-refractivity contribution in [3.8, 4) is 27.9 Å². The van der Waals surface area contributed by atoms with Crippen LogP contribution in [0.15, 0.2) is 127 Å². The lowest BCUT2D eigenvalue weighted by molar-refractivity contribution is -0.0194. The lowest BCUT2D eigenvalue weighted by Gasteiger charge is -2.54. The Labute approximate surface area is 289 Å². The monoisotopic (exact) mass is 645 g/mol. The molecule has 49 heavy (non-hydrogen) atoms. The first kappa shape index (κ1) is 26.2. The van der Waals surface area contributed by atoms with Crippen LogP contribution in [0.5, 0.6) is 0 Å². The van der Waals surface area contributed by atoms with E-state index in [1.54, 1.807) is 11.1 Å². The van der Waals surface area contributed by atoms with Crippen LogP contribution in [0.1, 0.15) is 43.2 Å². The van der Waals surface area contributed by atoms with Crippen molar-refractivity contribution in [3.63, 3.8) is 0 Å². The van der Waals surface area contributed by atoms with Crippen LogP contribution in [-0.4, -0.2) is 4.57 Å². The van der Waals surface area contributed by atoms with Gasteiger partial charge in [-0.1, -0.05) is 91.0 Å². The average molecular weight is 646 g/mol. The number of fused-ring (bicyclic) bond motifs is 15. The minimum absolute atomic E-state index is 0.183. The topological polar surface area (TPSA) is 4.93 Å². The summed E-state index contributed by atoms with van der Waals surface area (Å²) in [6.45, 7) is 0. The molecule has 3 bridgehead atoms. The van der Waals surface area contributed by atoms with Crippen molar-refractivity contribution in [1.82, 2.24) is 4.57 Å². The summed E-state index contributed by atoms with van der Waals surface area (Å²) in [5, 5.41) is 5.38. The number of hydrogen-bond donors (Lipinski definition) is 0. The van der Waals surface area contributed by atoms with Crippen LogP contribution >= 0.6 is 11.3 Å². The van der Waals surface area contributed by atoms with Gasteiger partial charge in [0.1, 0.15) is 0 Å². The summed E-state index contributed by atoms with van der Waals surface area (Å²) >= 11 is 1.92. The number of para-hydroxylation sites is 1. The van der Waals surface area contributed by atoms with Gasteiger partial charge in [-0.25, -0.2) is 0 Å². The predicted molar refractivity (Wildman–Crippen MR) is 205 cm³/mol. The van der Waals surface area contributed by atoms with Gasteiger partial charge in [-0.15, -0.1) is 11.3 Å². The van der Waals surface area contributed by atoms with Crippen LogP contribution in [0.3, 0.4) is 0 Å². The second-order valence-electron chi connectivity index (χ2n) is 16.2. The summed E-state index contributed by atoms with van der Waals surface area (Å²) in [6.07, 6.45) is 7.34. The van der Waals surface area contributed by atoms with Gasteiger partial charge in [-0.05, 0) is 131 Å². The largest absolute Gasteiger partial charge is 0.309 e. The Morgan fingerprint density at radius 2 is 1.33 bits per heavy atom. The van der Waals surface area contributed by atoms with Gasteiger partial charge in [-0.2, -0.15) is 0 Å². The average Bonchev–Trinajstić information content (AvgIpc) is 3.86. The van der Waals surface area contributed by atoms with E-state index in [-0.39, 0.29) is 5.41 Å². The Bertz CT molecular complexity index is 2760. The summed E-state index contributed by atoms with van der Waals surface area (Å²) in [6, 6.07) is 49.1. The molecule has 4 fully saturated rings. The van der Waals surface area contributed by atoms with Gasteiger partial charge < -0.3 is 4.57 Å². The van der Waals surface area contributed by atoms with Gasteiger partial charge in [0.2, 0.25) is 0 Å². The molecule has 8 aromatic rings. The lowest BCUT2D eigenvalue weighted by Crippen LogP contribution is -2.50. The third-order valence-corrected chi connectivity index (χ3v) is 15.7. The molecule has 234 valence electrons. The van der Waals surface area contributed by atoms with Crippen molar-refractivity contribution in [2.45, 2.75) is 37.5 Å². The molecule has 0 radical (unpaired) electrons. The molecule has 5 aliphatic rings. The van der Waals surface area contributed by atoms with E-state index in [0.29, 0.717) is 5.41 Å². The van der Waals surface area contributed by atoms with Crippen molar-refractivity contribution >= 4 is 53.3 Å². The zero-order valence-corrected chi connectivity index (χ0v) is 28.1. The summed E-state index contributed by atoms with van der Waals surface area (Å²) in [7, 11) is 0. The number of rotatable bonds is 2. The van der Waals surface area contributed by atoms with Gasteiger partial charge in [0, 0.05) is 42.0 Å². The predicted octanol–water partition coefficient (Wildman–Crippen LogP) is 12.5. The molecule has 0 amide bonds. The molecule has 2 spiro atoms. The fourth-order valence-corrected chi connectivity index (χ4v) is 14.2. The van der Waals surface area contributed by atoms with Crippen LogP contribution in [0, 0.1) is 29.1 Å². The normalized spacial score (nSPS) is 28.6. The van der Waals surface area contributed by atoms with Crippen LogP contribution in [-0.2, 0) is 5.41 Å². The van der Waals surface area contributed by atoms with Crippen LogP contribution < -0.4 is 0 Å². The zero-order valence-electron chi connectivity index (χ0n) is 27.3. The molecule has 2 aromatic heterocycles. The Hall–Kier alpha value is -4.66. The Kier molecular flexibility index (Phi) is 4.67. The molecule has 6 aromatic carbocycles. The van der Waals surface area contributed by atoms with Gasteiger partial charge in [-0.3, -0.25) is 0 Å². The molecular weight excluding hydrogens is 611 g/mol. The van der Waals surface area contributed by atoms with E-state index >= 15 is 0 Å². The van der Waals surface area contributed by atoms with Crippen molar-refractivity contribution in [2.75, 3.05) is 0 Å². The highest BCUT2D eigenvalue weighted by Gasteiger charge is 2.76. The molecule has 6 unspecified atom stereocenters. The van der Waals surface area contributed by atoms with E-state index < -0.39 is 0 Å². The van der Waals surface area contributed by atoms with E-state index in [9.17, 15) is 0 Å². The molecule has 6 atom stereocenters. The van der Waals surface area contributed by atoms with Crippen molar-refractivity contribution in [1.29, 1.82) is 0 Å². The van der Waals surface area contributed by atoms with E-state index in [1.807, 2.05) is 11.3 Å². The first-order chi connectivity index (χ1) is 24.2. The highest BCUT2D eigenvalue weighted by molar-refractivity contribution is 7.26. The molecule has 2 heterocycles. The Balaban J connectivity index is 1.03. The Morgan fingerprint density at radius 3 is 2.31 bits per heavy atom. The van der Waals surface area contributed by atoms with Crippen LogP contribution in [0.25, 0.3) is 69.9 Å². The van der Waals surface area contributed by atoms with E-state index in [2.05, 4.69) is 132 Å². The maximum absolute atomic E-state index is 2.66. The number of benzene rings is 6. The molecule has 0 N–H and O–H groups in total. The van der Waals surface area contributed by atoms with Gasteiger partial charge in [0.05, 0.1) is 11.0 Å². The minimum atomic E-state index is 0.183. The van der Waals surface area contributed by atoms with E-state index in [4.69, 9.17) is 0 Å². The van der Waals surface area contributed by atoms with Crippen molar-refractivity contribution < 1.29 is 0 Å². The standard InChI is InChI=1S/C47H35NS/c1-4-13-39-33(8-1)34-18-17-31(24-40(34)47(39)30-21-27-20-29-23-44(47)46(29,25-27)26-30)48-41-14-5-2-9-35(41)38-22-28(16-19-42(38)48)32-11-7-12-37-36-10-3-6-15-43(36)49-45(32)37/h1-19,22,24,27,29-30,44H,20-21,23,25-26H2. The number of hydrogen-bond acceptors (Lipinski definition) is 1. The molecule has 2 heteroatoms. The van der Waals surface area contributed by atoms with Gasteiger partial charge in [0.25, 0.3) is 0 Å². The third-order valence-electron chi connectivity index (χ3n) is 14.5. The highest BCUT2D eigenvalue weighted by Crippen LogP contribution is 2.83. The smallest absolute Gasteiger partial charge is 0.0541 e. The van der Waals surface area contributed by atoms with Crippen molar-refractivity contribution in [3.05, 3.63) is 139 Å². The lowest BCUT2D eigenvalue weighted by atomic mass is 9.49. The molecule has 1 nitrogen and oxygen atoms in total. The minimum Gasteiger partial charge on any atom is -0.309 e.